The van der Waals surface area contributed by atoms with Crippen LogP contribution in [0.25, 0.3) is 0 Å². The molecule has 2 atom stereocenters. The van der Waals surface area contributed by atoms with Gasteiger partial charge in [0.1, 0.15) is 11.9 Å². The SMILES string of the molecule is CCc1ccc(OC2CCCC2NC)cc1. The second-order valence-corrected chi connectivity index (χ2v) is 4.48. The molecule has 1 saturated carbocycles. The number of likely N-dealkylation sites (N-methyl/N-ethyl adjacent to an activating group) is 1. The molecule has 16 heavy (non-hydrogen) atoms. The van der Waals surface area contributed by atoms with Gasteiger partial charge < -0.3 is 10.1 Å². The first-order valence-electron chi connectivity index (χ1n) is 6.26. The lowest BCUT2D eigenvalue weighted by Crippen LogP contribution is -2.36. The average molecular weight is 219 g/mol. The summed E-state index contributed by atoms with van der Waals surface area (Å²) in [5, 5.41) is 3.33. The molecular weight excluding hydrogens is 198 g/mol. The second kappa shape index (κ2) is 5.35. The Morgan fingerprint density at radius 3 is 2.62 bits per heavy atom. The number of ether oxygens (including phenoxy) is 1. The maximum Gasteiger partial charge on any atom is 0.119 e. The molecule has 1 N–H and O–H groups in total. The molecule has 88 valence electrons. The zero-order chi connectivity index (χ0) is 11.4. The fourth-order valence-electron chi connectivity index (χ4n) is 2.38. The van der Waals surface area contributed by atoms with Gasteiger partial charge in [0.05, 0.1) is 0 Å². The van der Waals surface area contributed by atoms with E-state index < -0.39 is 0 Å². The van der Waals surface area contributed by atoms with Crippen molar-refractivity contribution in [3.8, 4) is 5.75 Å². The Labute approximate surface area is 98.0 Å². The number of nitrogens with one attached hydrogen (secondary N) is 1. The van der Waals surface area contributed by atoms with Crippen molar-refractivity contribution in [1.82, 2.24) is 5.32 Å². The fourth-order valence-corrected chi connectivity index (χ4v) is 2.38. The summed E-state index contributed by atoms with van der Waals surface area (Å²) in [6.07, 6.45) is 5.10. The molecule has 0 saturated heterocycles. The second-order valence-electron chi connectivity index (χ2n) is 4.48. The smallest absolute Gasteiger partial charge is 0.119 e. The van der Waals surface area contributed by atoms with Crippen molar-refractivity contribution < 1.29 is 4.74 Å². The Morgan fingerprint density at radius 2 is 2.00 bits per heavy atom. The van der Waals surface area contributed by atoms with Crippen LogP contribution in [0.4, 0.5) is 0 Å². The van der Waals surface area contributed by atoms with Crippen LogP contribution in [0.3, 0.4) is 0 Å². The minimum Gasteiger partial charge on any atom is -0.489 e. The molecule has 1 aliphatic rings. The highest BCUT2D eigenvalue weighted by molar-refractivity contribution is 5.27. The predicted molar refractivity (Wildman–Crippen MR) is 66.9 cm³/mol. The van der Waals surface area contributed by atoms with Crippen molar-refractivity contribution >= 4 is 0 Å². The fraction of sp³-hybridized carbons (Fsp3) is 0.571. The highest BCUT2D eigenvalue weighted by Crippen LogP contribution is 2.24. The van der Waals surface area contributed by atoms with Gasteiger partial charge in [0.15, 0.2) is 0 Å². The van der Waals surface area contributed by atoms with Crippen molar-refractivity contribution in [1.29, 1.82) is 0 Å². The minimum atomic E-state index is 0.345. The largest absolute Gasteiger partial charge is 0.489 e. The molecule has 2 heteroatoms. The van der Waals surface area contributed by atoms with Crippen LogP contribution in [0.15, 0.2) is 24.3 Å². The molecule has 1 aromatic rings. The number of rotatable bonds is 4. The Morgan fingerprint density at radius 1 is 1.25 bits per heavy atom. The van der Waals surface area contributed by atoms with Gasteiger partial charge in [-0.1, -0.05) is 19.1 Å². The van der Waals surface area contributed by atoms with E-state index in [4.69, 9.17) is 4.74 Å². The molecule has 0 aliphatic heterocycles. The molecule has 0 heterocycles. The normalized spacial score (nSPS) is 24.6. The van der Waals surface area contributed by atoms with Gasteiger partial charge in [-0.05, 0) is 50.4 Å². The maximum absolute atomic E-state index is 6.02. The zero-order valence-corrected chi connectivity index (χ0v) is 10.2. The number of hydrogen-bond acceptors (Lipinski definition) is 2. The molecule has 2 rings (SSSR count). The molecule has 0 amide bonds. The van der Waals surface area contributed by atoms with Crippen molar-refractivity contribution in [2.45, 2.75) is 44.8 Å². The van der Waals surface area contributed by atoms with Crippen molar-refractivity contribution in [2.24, 2.45) is 0 Å². The molecule has 1 fully saturated rings. The van der Waals surface area contributed by atoms with Gasteiger partial charge in [-0.3, -0.25) is 0 Å². The molecule has 1 aromatic carbocycles. The van der Waals surface area contributed by atoms with E-state index >= 15 is 0 Å². The quantitative estimate of drug-likeness (QED) is 0.840. The summed E-state index contributed by atoms with van der Waals surface area (Å²) in [7, 11) is 2.02. The first kappa shape index (κ1) is 11.5. The molecule has 0 spiro atoms. The summed E-state index contributed by atoms with van der Waals surface area (Å²) >= 11 is 0. The van der Waals surface area contributed by atoms with E-state index in [1.807, 2.05) is 7.05 Å². The van der Waals surface area contributed by atoms with E-state index in [-0.39, 0.29) is 0 Å². The third-order valence-electron chi connectivity index (χ3n) is 3.44. The first-order valence-corrected chi connectivity index (χ1v) is 6.26. The first-order chi connectivity index (χ1) is 7.83. The van der Waals surface area contributed by atoms with Crippen LogP contribution >= 0.6 is 0 Å². The summed E-state index contributed by atoms with van der Waals surface area (Å²) in [5.41, 5.74) is 1.36. The monoisotopic (exact) mass is 219 g/mol. The van der Waals surface area contributed by atoms with E-state index in [0.29, 0.717) is 12.1 Å². The van der Waals surface area contributed by atoms with Crippen LogP contribution in [-0.2, 0) is 6.42 Å². The minimum absolute atomic E-state index is 0.345. The molecule has 0 radical (unpaired) electrons. The predicted octanol–water partition coefficient (Wildman–Crippen LogP) is 2.77. The maximum atomic E-state index is 6.02. The van der Waals surface area contributed by atoms with Crippen LogP contribution in [-0.4, -0.2) is 19.2 Å². The Balaban J connectivity index is 1.97. The summed E-state index contributed by atoms with van der Waals surface area (Å²) in [6.45, 7) is 2.17. The molecule has 0 bridgehead atoms. The van der Waals surface area contributed by atoms with Gasteiger partial charge in [-0.15, -0.1) is 0 Å². The average Bonchev–Trinajstić information content (AvgIpc) is 2.77. The highest BCUT2D eigenvalue weighted by Gasteiger charge is 2.27. The van der Waals surface area contributed by atoms with Gasteiger partial charge >= 0.3 is 0 Å². The van der Waals surface area contributed by atoms with E-state index in [0.717, 1.165) is 12.2 Å². The van der Waals surface area contributed by atoms with Crippen LogP contribution in [0.2, 0.25) is 0 Å². The van der Waals surface area contributed by atoms with Gasteiger partial charge in [0.2, 0.25) is 0 Å². The molecule has 1 aliphatic carbocycles. The Bertz CT molecular complexity index is 320. The summed E-state index contributed by atoms with van der Waals surface area (Å²) in [6, 6.07) is 9.00. The summed E-state index contributed by atoms with van der Waals surface area (Å²) < 4.78 is 6.02. The third-order valence-corrected chi connectivity index (χ3v) is 3.44. The molecule has 0 aromatic heterocycles. The van der Waals surface area contributed by atoms with Gasteiger partial charge in [0, 0.05) is 6.04 Å². The van der Waals surface area contributed by atoms with Gasteiger partial charge in [-0.2, -0.15) is 0 Å². The van der Waals surface area contributed by atoms with Gasteiger partial charge in [-0.25, -0.2) is 0 Å². The standard InChI is InChI=1S/C14H21NO/c1-3-11-7-9-12(10-8-11)16-14-6-4-5-13(14)15-2/h7-10,13-15H,3-6H2,1-2H3. The van der Waals surface area contributed by atoms with Gasteiger partial charge in [0.25, 0.3) is 0 Å². The number of hydrogen-bond donors (Lipinski definition) is 1. The van der Waals surface area contributed by atoms with E-state index in [9.17, 15) is 0 Å². The highest BCUT2D eigenvalue weighted by atomic mass is 16.5. The lowest BCUT2D eigenvalue weighted by molar-refractivity contribution is 0.179. The third kappa shape index (κ3) is 2.56. The lowest BCUT2D eigenvalue weighted by atomic mass is 10.1. The van der Waals surface area contributed by atoms with Crippen LogP contribution < -0.4 is 10.1 Å². The van der Waals surface area contributed by atoms with Crippen LogP contribution in [0.1, 0.15) is 31.7 Å². The lowest BCUT2D eigenvalue weighted by Gasteiger charge is -2.20. The summed E-state index contributed by atoms with van der Waals surface area (Å²) in [5.74, 6) is 1.00. The number of aryl methyl sites for hydroxylation is 1. The van der Waals surface area contributed by atoms with E-state index in [2.05, 4.69) is 36.5 Å². The zero-order valence-electron chi connectivity index (χ0n) is 10.2. The molecular formula is C14H21NO. The molecule has 2 nitrogen and oxygen atoms in total. The molecule has 2 unspecified atom stereocenters. The van der Waals surface area contributed by atoms with E-state index in [1.54, 1.807) is 0 Å². The Hall–Kier alpha value is -1.02. The summed E-state index contributed by atoms with van der Waals surface area (Å²) in [4.78, 5) is 0. The van der Waals surface area contributed by atoms with Crippen molar-refractivity contribution in [2.75, 3.05) is 7.05 Å². The van der Waals surface area contributed by atoms with Crippen LogP contribution in [0.5, 0.6) is 5.75 Å². The van der Waals surface area contributed by atoms with Crippen molar-refractivity contribution in [3.63, 3.8) is 0 Å². The van der Waals surface area contributed by atoms with Crippen molar-refractivity contribution in [3.05, 3.63) is 29.8 Å². The number of benzene rings is 1. The van der Waals surface area contributed by atoms with Crippen LogP contribution in [0, 0.1) is 0 Å². The Kier molecular flexibility index (Phi) is 3.83. The topological polar surface area (TPSA) is 21.3 Å². The van der Waals surface area contributed by atoms with E-state index in [1.165, 1.54) is 24.8 Å².